The van der Waals surface area contributed by atoms with Crippen molar-refractivity contribution in [3.05, 3.63) is 29.0 Å². The largest absolute Gasteiger partial charge is 0.376 e. The molecule has 4 nitrogen and oxygen atoms in total. The molecular weight excluding hydrogens is 184 g/mol. The van der Waals surface area contributed by atoms with E-state index in [1.165, 1.54) is 0 Å². The van der Waals surface area contributed by atoms with E-state index in [-0.39, 0.29) is 0 Å². The summed E-state index contributed by atoms with van der Waals surface area (Å²) in [6.45, 7) is 0.767. The van der Waals surface area contributed by atoms with E-state index in [4.69, 9.17) is 0 Å². The molecule has 2 aromatic rings. The van der Waals surface area contributed by atoms with E-state index in [0.717, 1.165) is 17.2 Å². The molecule has 0 amide bonds. The molecule has 5 heteroatoms. The standard InChI is InChI=1S/C8H10N4S/c1-12-6-7(4-11-12)10-5-8-9-2-3-13-8/h2-4,6,10H,5H2,1H3. The maximum atomic E-state index is 4.17. The number of aryl methyl sites for hydroxylation is 1. The van der Waals surface area contributed by atoms with E-state index >= 15 is 0 Å². The predicted octanol–water partition coefficient (Wildman–Crippen LogP) is 1.49. The SMILES string of the molecule is Cn1cc(NCc2nccs2)cn1. The van der Waals surface area contributed by atoms with Gasteiger partial charge in [0.25, 0.3) is 0 Å². The zero-order chi connectivity index (χ0) is 9.10. The van der Waals surface area contributed by atoms with Crippen LogP contribution in [-0.2, 0) is 13.6 Å². The van der Waals surface area contributed by atoms with Gasteiger partial charge >= 0.3 is 0 Å². The van der Waals surface area contributed by atoms with Crippen LogP contribution >= 0.6 is 11.3 Å². The quantitative estimate of drug-likeness (QED) is 0.805. The molecule has 0 aliphatic rings. The maximum absolute atomic E-state index is 4.17. The summed E-state index contributed by atoms with van der Waals surface area (Å²) in [4.78, 5) is 4.17. The molecule has 0 spiro atoms. The van der Waals surface area contributed by atoms with Gasteiger partial charge in [-0.1, -0.05) is 0 Å². The fraction of sp³-hybridized carbons (Fsp3) is 0.250. The van der Waals surface area contributed by atoms with E-state index in [2.05, 4.69) is 15.4 Å². The van der Waals surface area contributed by atoms with Gasteiger partial charge in [0.15, 0.2) is 0 Å². The second-order valence-corrected chi connectivity index (χ2v) is 3.66. The average Bonchev–Trinajstić information content (AvgIpc) is 2.71. The minimum absolute atomic E-state index is 0.767. The fourth-order valence-corrected chi connectivity index (χ4v) is 1.59. The third-order valence-electron chi connectivity index (χ3n) is 1.63. The highest BCUT2D eigenvalue weighted by molar-refractivity contribution is 7.09. The molecule has 2 aromatic heterocycles. The van der Waals surface area contributed by atoms with Crippen LogP contribution in [0.1, 0.15) is 5.01 Å². The summed E-state index contributed by atoms with van der Waals surface area (Å²) < 4.78 is 1.77. The minimum atomic E-state index is 0.767. The third kappa shape index (κ3) is 2.06. The highest BCUT2D eigenvalue weighted by Gasteiger charge is 1.96. The highest BCUT2D eigenvalue weighted by Crippen LogP contribution is 2.08. The van der Waals surface area contributed by atoms with Gasteiger partial charge in [0.1, 0.15) is 5.01 Å². The van der Waals surface area contributed by atoms with Gasteiger partial charge in [-0.25, -0.2) is 4.98 Å². The molecule has 68 valence electrons. The molecule has 0 fully saturated rings. The van der Waals surface area contributed by atoms with Crippen LogP contribution in [0.15, 0.2) is 24.0 Å². The van der Waals surface area contributed by atoms with E-state index < -0.39 is 0 Å². The van der Waals surface area contributed by atoms with Crippen LogP contribution in [0, 0.1) is 0 Å². The number of nitrogens with one attached hydrogen (secondary N) is 1. The summed E-state index contributed by atoms with van der Waals surface area (Å²) >= 11 is 1.65. The fourth-order valence-electron chi connectivity index (χ4n) is 1.03. The van der Waals surface area contributed by atoms with Gasteiger partial charge < -0.3 is 5.32 Å². The summed E-state index contributed by atoms with van der Waals surface area (Å²) in [5.41, 5.74) is 1.03. The van der Waals surface area contributed by atoms with Crippen molar-refractivity contribution in [1.82, 2.24) is 14.8 Å². The zero-order valence-corrected chi connectivity index (χ0v) is 8.08. The Labute approximate surface area is 80.2 Å². The van der Waals surface area contributed by atoms with Gasteiger partial charge in [-0.05, 0) is 0 Å². The van der Waals surface area contributed by atoms with Crippen molar-refractivity contribution < 1.29 is 0 Å². The molecule has 0 saturated heterocycles. The van der Waals surface area contributed by atoms with Crippen molar-refractivity contribution in [2.24, 2.45) is 7.05 Å². The monoisotopic (exact) mass is 194 g/mol. The first-order valence-electron chi connectivity index (χ1n) is 3.95. The van der Waals surface area contributed by atoms with Crippen LogP contribution in [-0.4, -0.2) is 14.8 Å². The molecule has 13 heavy (non-hydrogen) atoms. The lowest BCUT2D eigenvalue weighted by molar-refractivity contribution is 0.768. The summed E-state index contributed by atoms with van der Waals surface area (Å²) in [5, 5.41) is 10.3. The van der Waals surface area contributed by atoms with Gasteiger partial charge in [0.05, 0.1) is 18.4 Å². The summed E-state index contributed by atoms with van der Waals surface area (Å²) in [6.07, 6.45) is 5.55. The van der Waals surface area contributed by atoms with Gasteiger partial charge in [0.2, 0.25) is 0 Å². The lowest BCUT2D eigenvalue weighted by atomic mass is 10.5. The van der Waals surface area contributed by atoms with Crippen molar-refractivity contribution in [3.63, 3.8) is 0 Å². The molecule has 0 aliphatic carbocycles. The Morgan fingerprint density at radius 3 is 3.15 bits per heavy atom. The van der Waals surface area contributed by atoms with E-state index in [0.29, 0.717) is 0 Å². The van der Waals surface area contributed by atoms with Gasteiger partial charge in [0, 0.05) is 24.8 Å². The van der Waals surface area contributed by atoms with Gasteiger partial charge in [-0.3, -0.25) is 4.68 Å². The van der Waals surface area contributed by atoms with Crippen LogP contribution < -0.4 is 5.32 Å². The Bertz CT molecular complexity index is 365. The zero-order valence-electron chi connectivity index (χ0n) is 7.27. The van der Waals surface area contributed by atoms with Crippen molar-refractivity contribution in [2.75, 3.05) is 5.32 Å². The number of hydrogen-bond donors (Lipinski definition) is 1. The van der Waals surface area contributed by atoms with Crippen molar-refractivity contribution in [3.8, 4) is 0 Å². The number of rotatable bonds is 3. The van der Waals surface area contributed by atoms with Crippen LogP contribution in [0.2, 0.25) is 0 Å². The number of aromatic nitrogens is 3. The van der Waals surface area contributed by atoms with Crippen LogP contribution in [0.3, 0.4) is 0 Å². The van der Waals surface area contributed by atoms with Crippen molar-refractivity contribution >= 4 is 17.0 Å². The summed E-state index contributed by atoms with van der Waals surface area (Å²) in [5.74, 6) is 0. The second-order valence-electron chi connectivity index (χ2n) is 2.68. The van der Waals surface area contributed by atoms with Crippen molar-refractivity contribution in [1.29, 1.82) is 0 Å². The molecule has 0 unspecified atom stereocenters. The number of nitrogens with zero attached hydrogens (tertiary/aromatic N) is 3. The smallest absolute Gasteiger partial charge is 0.112 e. The highest BCUT2D eigenvalue weighted by atomic mass is 32.1. The Balaban J connectivity index is 1.93. The third-order valence-corrected chi connectivity index (χ3v) is 2.41. The molecule has 0 radical (unpaired) electrons. The normalized spacial score (nSPS) is 10.2. The Morgan fingerprint density at radius 2 is 2.54 bits per heavy atom. The Kier molecular flexibility index (Phi) is 2.27. The van der Waals surface area contributed by atoms with Crippen molar-refractivity contribution in [2.45, 2.75) is 6.54 Å². The molecule has 0 saturated carbocycles. The minimum Gasteiger partial charge on any atom is -0.376 e. The first kappa shape index (κ1) is 8.25. The maximum Gasteiger partial charge on any atom is 0.112 e. The summed E-state index contributed by atoms with van der Waals surface area (Å²) in [6, 6.07) is 0. The first-order chi connectivity index (χ1) is 6.34. The van der Waals surface area contributed by atoms with Crippen LogP contribution in [0.4, 0.5) is 5.69 Å². The number of hydrogen-bond acceptors (Lipinski definition) is 4. The summed E-state index contributed by atoms with van der Waals surface area (Å²) in [7, 11) is 1.90. The van der Waals surface area contributed by atoms with E-state index in [9.17, 15) is 0 Å². The molecule has 2 rings (SSSR count). The lowest BCUT2D eigenvalue weighted by Gasteiger charge is -1.98. The molecular formula is C8H10N4S. The average molecular weight is 194 g/mol. The molecule has 0 aliphatic heterocycles. The molecule has 0 atom stereocenters. The lowest BCUT2D eigenvalue weighted by Crippen LogP contribution is -1.97. The molecule has 0 aromatic carbocycles. The molecule has 1 N–H and O–H groups in total. The molecule has 2 heterocycles. The van der Waals surface area contributed by atoms with Gasteiger partial charge in [-0.2, -0.15) is 5.10 Å². The Hall–Kier alpha value is -1.36. The van der Waals surface area contributed by atoms with Gasteiger partial charge in [-0.15, -0.1) is 11.3 Å². The van der Waals surface area contributed by atoms with Crippen LogP contribution in [0.25, 0.3) is 0 Å². The van der Waals surface area contributed by atoms with Crippen LogP contribution in [0.5, 0.6) is 0 Å². The number of anilines is 1. The predicted molar refractivity (Wildman–Crippen MR) is 52.6 cm³/mol. The second kappa shape index (κ2) is 3.57. The van der Waals surface area contributed by atoms with E-state index in [1.54, 1.807) is 22.2 Å². The van der Waals surface area contributed by atoms with E-state index in [1.807, 2.05) is 24.8 Å². The first-order valence-corrected chi connectivity index (χ1v) is 4.83. The Morgan fingerprint density at radius 1 is 1.62 bits per heavy atom. The molecule has 0 bridgehead atoms. The topological polar surface area (TPSA) is 42.7 Å². The number of thiazole rings is 1.